The quantitative estimate of drug-likeness (QED) is 0.815. The normalized spacial score (nSPS) is 10.4. The average molecular weight is 293 g/mol. The van der Waals surface area contributed by atoms with E-state index in [0.29, 0.717) is 22.0 Å². The zero-order valence-corrected chi connectivity index (χ0v) is 12.1. The van der Waals surface area contributed by atoms with Gasteiger partial charge >= 0.3 is 0 Å². The van der Waals surface area contributed by atoms with Gasteiger partial charge in [0.2, 0.25) is 0 Å². The third-order valence-electron chi connectivity index (χ3n) is 2.89. The van der Waals surface area contributed by atoms with E-state index in [1.807, 2.05) is 0 Å². The molecule has 6 heteroatoms. The van der Waals surface area contributed by atoms with Gasteiger partial charge in [0.1, 0.15) is 5.75 Å². The first-order valence-electron chi connectivity index (χ1n) is 5.87. The summed E-state index contributed by atoms with van der Waals surface area (Å²) in [6.45, 7) is 1.35. The molecule has 0 atom stereocenters. The van der Waals surface area contributed by atoms with Crippen LogP contribution in [0.2, 0.25) is 5.02 Å². The predicted octanol–water partition coefficient (Wildman–Crippen LogP) is 2.31. The molecule has 2 rings (SSSR count). The predicted molar refractivity (Wildman–Crippen MR) is 76.5 cm³/mol. The summed E-state index contributed by atoms with van der Waals surface area (Å²) in [5, 5.41) is 4.57. The summed E-state index contributed by atoms with van der Waals surface area (Å²) in [5.41, 5.74) is 0.890. The lowest BCUT2D eigenvalue weighted by molar-refractivity contribution is 0.101. The van der Waals surface area contributed by atoms with Crippen LogP contribution in [0.5, 0.6) is 5.75 Å². The maximum Gasteiger partial charge on any atom is 0.277 e. The van der Waals surface area contributed by atoms with Gasteiger partial charge in [-0.25, -0.2) is 4.68 Å². The first-order chi connectivity index (χ1) is 9.43. The number of aryl methyl sites for hydroxylation is 1. The second-order valence-electron chi connectivity index (χ2n) is 4.28. The molecular weight excluding hydrogens is 280 g/mol. The number of ketones is 1. The van der Waals surface area contributed by atoms with Crippen LogP contribution >= 0.6 is 11.6 Å². The maximum absolute atomic E-state index is 11.8. The third-order valence-corrected chi connectivity index (χ3v) is 3.19. The zero-order valence-electron chi connectivity index (χ0n) is 11.3. The van der Waals surface area contributed by atoms with Crippen LogP contribution in [0.3, 0.4) is 0 Å². The van der Waals surface area contributed by atoms with E-state index in [4.69, 9.17) is 16.3 Å². The van der Waals surface area contributed by atoms with Gasteiger partial charge in [0.05, 0.1) is 23.4 Å². The van der Waals surface area contributed by atoms with E-state index in [0.717, 1.165) is 4.68 Å². The Hall–Kier alpha value is -2.14. The highest BCUT2D eigenvalue weighted by Crippen LogP contribution is 2.29. The average Bonchev–Trinajstić information content (AvgIpc) is 2.41. The first-order valence-corrected chi connectivity index (χ1v) is 6.25. The van der Waals surface area contributed by atoms with Crippen molar-refractivity contribution in [1.29, 1.82) is 0 Å². The number of benzene rings is 1. The van der Waals surface area contributed by atoms with Gasteiger partial charge in [0, 0.05) is 12.6 Å². The molecule has 20 heavy (non-hydrogen) atoms. The van der Waals surface area contributed by atoms with Crippen LogP contribution in [-0.2, 0) is 7.05 Å². The van der Waals surface area contributed by atoms with Gasteiger partial charge in [0.15, 0.2) is 5.78 Å². The fourth-order valence-corrected chi connectivity index (χ4v) is 2.09. The van der Waals surface area contributed by atoms with Crippen molar-refractivity contribution in [2.24, 2.45) is 7.05 Å². The highest BCUT2D eigenvalue weighted by atomic mass is 35.5. The lowest BCUT2D eigenvalue weighted by Gasteiger charge is -2.08. The van der Waals surface area contributed by atoms with E-state index in [2.05, 4.69) is 5.10 Å². The van der Waals surface area contributed by atoms with Crippen LogP contribution in [0.4, 0.5) is 0 Å². The number of nitrogens with zero attached hydrogens (tertiary/aromatic N) is 2. The van der Waals surface area contributed by atoms with E-state index >= 15 is 0 Å². The molecule has 0 spiro atoms. The SMILES string of the molecule is COc1ccc(-c2cc(C(C)=O)c(=O)n(C)n2)cc1Cl. The number of carbonyl (C=O) groups excluding carboxylic acids is 1. The Bertz CT molecular complexity index is 738. The van der Waals surface area contributed by atoms with Gasteiger partial charge in [-0.05, 0) is 31.2 Å². The molecule has 0 radical (unpaired) electrons. The molecule has 0 aliphatic carbocycles. The molecule has 1 heterocycles. The van der Waals surface area contributed by atoms with Crippen molar-refractivity contribution in [3.63, 3.8) is 0 Å². The summed E-state index contributed by atoms with van der Waals surface area (Å²) in [6, 6.07) is 6.62. The Kier molecular flexibility index (Phi) is 3.90. The molecule has 0 aliphatic rings. The molecule has 0 aliphatic heterocycles. The highest BCUT2D eigenvalue weighted by molar-refractivity contribution is 6.32. The number of rotatable bonds is 3. The summed E-state index contributed by atoms with van der Waals surface area (Å²) in [7, 11) is 3.03. The molecule has 2 aromatic rings. The van der Waals surface area contributed by atoms with E-state index in [1.165, 1.54) is 27.1 Å². The van der Waals surface area contributed by atoms with Crippen LogP contribution in [0.1, 0.15) is 17.3 Å². The van der Waals surface area contributed by atoms with E-state index in [1.54, 1.807) is 18.2 Å². The van der Waals surface area contributed by atoms with Gasteiger partial charge in [-0.1, -0.05) is 11.6 Å². The number of ether oxygens (including phenoxy) is 1. The number of halogens is 1. The van der Waals surface area contributed by atoms with E-state index in [9.17, 15) is 9.59 Å². The topological polar surface area (TPSA) is 61.2 Å². The molecule has 1 aromatic carbocycles. The summed E-state index contributed by atoms with van der Waals surface area (Å²) >= 11 is 6.06. The molecule has 0 fully saturated rings. The molecular formula is C14H13ClN2O3. The Morgan fingerprint density at radius 1 is 1.35 bits per heavy atom. The molecule has 0 saturated heterocycles. The van der Waals surface area contributed by atoms with Crippen LogP contribution < -0.4 is 10.3 Å². The number of hydrogen-bond donors (Lipinski definition) is 0. The smallest absolute Gasteiger partial charge is 0.277 e. The van der Waals surface area contributed by atoms with Gasteiger partial charge in [-0.3, -0.25) is 9.59 Å². The van der Waals surface area contributed by atoms with Crippen LogP contribution in [0, 0.1) is 0 Å². The fraction of sp³-hybridized carbons (Fsp3) is 0.214. The molecule has 104 valence electrons. The standard InChI is InChI=1S/C14H13ClN2O3/c1-8(18)10-7-12(16-17(2)14(10)19)9-4-5-13(20-3)11(15)6-9/h4-7H,1-3H3. The number of Topliss-reactive ketones (excluding diaryl/α,β-unsaturated/α-hetero) is 1. The molecule has 1 aromatic heterocycles. The van der Waals surface area contributed by atoms with Gasteiger partial charge < -0.3 is 4.74 Å². The second kappa shape index (κ2) is 5.46. The van der Waals surface area contributed by atoms with Crippen molar-refractivity contribution >= 4 is 17.4 Å². The van der Waals surface area contributed by atoms with Gasteiger partial charge in [-0.2, -0.15) is 5.10 Å². The molecule has 0 N–H and O–H groups in total. The Labute approximate surface area is 120 Å². The fourth-order valence-electron chi connectivity index (χ4n) is 1.83. The van der Waals surface area contributed by atoms with E-state index < -0.39 is 5.56 Å². The Morgan fingerprint density at radius 2 is 2.05 bits per heavy atom. The minimum Gasteiger partial charge on any atom is -0.495 e. The first kappa shape index (κ1) is 14.3. The Balaban J connectivity index is 2.61. The maximum atomic E-state index is 11.8. The number of aromatic nitrogens is 2. The summed E-state index contributed by atoms with van der Waals surface area (Å²) in [4.78, 5) is 23.3. The molecule has 0 unspecified atom stereocenters. The molecule has 5 nitrogen and oxygen atoms in total. The van der Waals surface area contributed by atoms with E-state index in [-0.39, 0.29) is 11.3 Å². The van der Waals surface area contributed by atoms with Gasteiger partial charge in [-0.15, -0.1) is 0 Å². The monoisotopic (exact) mass is 292 g/mol. The van der Waals surface area contributed by atoms with Crippen LogP contribution in [-0.4, -0.2) is 22.7 Å². The van der Waals surface area contributed by atoms with Crippen molar-refractivity contribution < 1.29 is 9.53 Å². The van der Waals surface area contributed by atoms with Crippen molar-refractivity contribution in [2.75, 3.05) is 7.11 Å². The Morgan fingerprint density at radius 3 is 2.60 bits per heavy atom. The molecule has 0 bridgehead atoms. The largest absolute Gasteiger partial charge is 0.495 e. The van der Waals surface area contributed by atoms with Crippen LogP contribution in [0.25, 0.3) is 11.3 Å². The van der Waals surface area contributed by atoms with Crippen molar-refractivity contribution in [3.05, 3.63) is 45.2 Å². The minimum absolute atomic E-state index is 0.101. The lowest BCUT2D eigenvalue weighted by Crippen LogP contribution is -2.25. The lowest BCUT2D eigenvalue weighted by atomic mass is 10.1. The van der Waals surface area contributed by atoms with Crippen molar-refractivity contribution in [2.45, 2.75) is 6.92 Å². The molecule has 0 amide bonds. The summed E-state index contributed by atoms with van der Waals surface area (Å²) in [6.07, 6.45) is 0. The molecule has 0 saturated carbocycles. The zero-order chi connectivity index (χ0) is 14.9. The number of hydrogen-bond acceptors (Lipinski definition) is 4. The minimum atomic E-state index is -0.416. The van der Waals surface area contributed by atoms with Crippen LogP contribution in [0.15, 0.2) is 29.1 Å². The summed E-state index contributed by atoms with van der Waals surface area (Å²) < 4.78 is 6.22. The number of methoxy groups -OCH3 is 1. The van der Waals surface area contributed by atoms with Crippen molar-refractivity contribution in [1.82, 2.24) is 9.78 Å². The number of carbonyl (C=O) groups is 1. The second-order valence-corrected chi connectivity index (χ2v) is 4.68. The van der Waals surface area contributed by atoms with Crippen molar-refractivity contribution in [3.8, 4) is 17.0 Å². The van der Waals surface area contributed by atoms with Gasteiger partial charge in [0.25, 0.3) is 5.56 Å². The highest BCUT2D eigenvalue weighted by Gasteiger charge is 2.12. The third kappa shape index (κ3) is 2.58. The summed E-state index contributed by atoms with van der Waals surface area (Å²) in [5.74, 6) is 0.251.